The summed E-state index contributed by atoms with van der Waals surface area (Å²) in [6.07, 6.45) is 4.78. The van der Waals surface area contributed by atoms with E-state index in [4.69, 9.17) is 9.47 Å². The van der Waals surface area contributed by atoms with E-state index in [0.29, 0.717) is 18.0 Å². The Morgan fingerprint density at radius 1 is 1.44 bits per heavy atom. The largest absolute Gasteiger partial charge is 0.497 e. The number of imidazole rings is 1. The highest BCUT2D eigenvalue weighted by atomic mass is 16.5. The number of piperidine rings is 1. The molecule has 2 aromatic rings. The van der Waals surface area contributed by atoms with Crippen molar-refractivity contribution in [2.75, 3.05) is 25.5 Å². The van der Waals surface area contributed by atoms with Crippen molar-refractivity contribution in [2.45, 2.75) is 31.1 Å². The molecule has 2 N–H and O–H groups in total. The zero-order valence-corrected chi connectivity index (χ0v) is 14.2. The molecule has 25 heavy (non-hydrogen) atoms. The molecule has 1 aromatic heterocycles. The van der Waals surface area contributed by atoms with E-state index in [2.05, 4.69) is 15.6 Å². The van der Waals surface area contributed by atoms with Crippen LogP contribution in [0.15, 0.2) is 36.7 Å². The van der Waals surface area contributed by atoms with Gasteiger partial charge in [0.25, 0.3) is 5.91 Å². The Hall–Kier alpha value is -2.38. The average molecular weight is 342 g/mol. The molecule has 1 saturated heterocycles. The summed E-state index contributed by atoms with van der Waals surface area (Å²) in [4.78, 5) is 17.3. The highest BCUT2D eigenvalue weighted by molar-refractivity contribution is 5.94. The predicted octanol–water partition coefficient (Wildman–Crippen LogP) is 1.51. The second-order valence-electron chi connectivity index (χ2n) is 6.48. The zero-order chi connectivity index (χ0) is 17.3. The minimum Gasteiger partial charge on any atom is -0.497 e. The van der Waals surface area contributed by atoms with Crippen LogP contribution in [0.2, 0.25) is 0 Å². The molecule has 132 valence electrons. The number of carbonyl (C=O) groups excluding carboxylic acids is 1. The van der Waals surface area contributed by atoms with Gasteiger partial charge in [0.15, 0.2) is 6.10 Å². The molecular formula is C18H22N4O3. The number of anilines is 1. The van der Waals surface area contributed by atoms with E-state index in [1.165, 1.54) is 0 Å². The van der Waals surface area contributed by atoms with E-state index in [-0.39, 0.29) is 5.91 Å². The third-order valence-electron chi connectivity index (χ3n) is 4.89. The van der Waals surface area contributed by atoms with Gasteiger partial charge in [-0.15, -0.1) is 0 Å². The molecule has 4 rings (SSSR count). The van der Waals surface area contributed by atoms with Crippen molar-refractivity contribution in [3.05, 3.63) is 42.5 Å². The molecule has 0 saturated carbocycles. The first-order valence-corrected chi connectivity index (χ1v) is 8.55. The lowest BCUT2D eigenvalue weighted by molar-refractivity contribution is -0.163. The van der Waals surface area contributed by atoms with Gasteiger partial charge in [0.2, 0.25) is 0 Å². The number of nitrogens with one attached hydrogen (secondary N) is 2. The van der Waals surface area contributed by atoms with Crippen molar-refractivity contribution >= 4 is 11.6 Å². The number of amides is 1. The topological polar surface area (TPSA) is 77.4 Å². The second kappa shape index (κ2) is 6.50. The molecule has 7 nitrogen and oxygen atoms in total. The van der Waals surface area contributed by atoms with Crippen molar-refractivity contribution in [1.82, 2.24) is 14.9 Å². The van der Waals surface area contributed by atoms with E-state index in [0.717, 1.165) is 31.8 Å². The van der Waals surface area contributed by atoms with Crippen LogP contribution in [0.4, 0.5) is 5.69 Å². The number of nitrogens with zero attached hydrogens (tertiary/aromatic N) is 2. The first-order chi connectivity index (χ1) is 12.2. The number of hydrogen-bond donors (Lipinski definition) is 2. The van der Waals surface area contributed by atoms with Crippen LogP contribution >= 0.6 is 0 Å². The minimum atomic E-state index is -0.550. The van der Waals surface area contributed by atoms with Crippen molar-refractivity contribution in [3.8, 4) is 5.75 Å². The standard InChI is InChI=1S/C18H22N4O3/c1-24-14-4-2-3-13(11-14)21-16(23)15-12-22-10-9-20-17(22)18(25-15)5-7-19-8-6-18/h2-4,9-11,15,19H,5-8,12H2,1H3,(H,21,23). The summed E-state index contributed by atoms with van der Waals surface area (Å²) < 4.78 is 13.6. The lowest BCUT2D eigenvalue weighted by atomic mass is 9.89. The molecule has 3 heterocycles. The van der Waals surface area contributed by atoms with Crippen LogP contribution in [0, 0.1) is 0 Å². The third-order valence-corrected chi connectivity index (χ3v) is 4.89. The Labute approximate surface area is 146 Å². The monoisotopic (exact) mass is 342 g/mol. The van der Waals surface area contributed by atoms with Crippen LogP contribution in [-0.2, 0) is 21.7 Å². The predicted molar refractivity (Wildman–Crippen MR) is 92.5 cm³/mol. The van der Waals surface area contributed by atoms with E-state index < -0.39 is 11.7 Å². The van der Waals surface area contributed by atoms with Crippen LogP contribution in [0.5, 0.6) is 5.75 Å². The maximum absolute atomic E-state index is 12.8. The Morgan fingerprint density at radius 3 is 3.08 bits per heavy atom. The summed E-state index contributed by atoms with van der Waals surface area (Å²) in [5.41, 5.74) is 0.215. The van der Waals surface area contributed by atoms with Gasteiger partial charge >= 0.3 is 0 Å². The first kappa shape index (κ1) is 16.1. The van der Waals surface area contributed by atoms with Gasteiger partial charge in [-0.05, 0) is 38.1 Å². The zero-order valence-electron chi connectivity index (χ0n) is 14.2. The third kappa shape index (κ3) is 3.01. The summed E-state index contributed by atoms with van der Waals surface area (Å²) in [5.74, 6) is 1.49. The molecule has 1 fully saturated rings. The van der Waals surface area contributed by atoms with Gasteiger partial charge in [-0.25, -0.2) is 4.98 Å². The van der Waals surface area contributed by atoms with Crippen LogP contribution in [0.25, 0.3) is 0 Å². The number of rotatable bonds is 3. The Bertz CT molecular complexity index is 767. The van der Waals surface area contributed by atoms with Crippen LogP contribution in [-0.4, -0.2) is 41.8 Å². The Kier molecular flexibility index (Phi) is 4.19. The molecule has 1 amide bonds. The molecule has 2 aliphatic heterocycles. The van der Waals surface area contributed by atoms with Gasteiger partial charge in [0, 0.05) is 24.1 Å². The lowest BCUT2D eigenvalue weighted by Crippen LogP contribution is -2.52. The SMILES string of the molecule is COc1cccc(NC(=O)C2Cn3ccnc3C3(CCNCC3)O2)c1. The molecule has 2 aliphatic rings. The minimum absolute atomic E-state index is 0.148. The molecule has 0 aliphatic carbocycles. The average Bonchev–Trinajstić information content (AvgIpc) is 3.12. The summed E-state index contributed by atoms with van der Waals surface area (Å²) in [6.45, 7) is 2.19. The maximum Gasteiger partial charge on any atom is 0.255 e. The summed E-state index contributed by atoms with van der Waals surface area (Å²) in [7, 11) is 1.60. The number of benzene rings is 1. The quantitative estimate of drug-likeness (QED) is 0.884. The van der Waals surface area contributed by atoms with Crippen molar-refractivity contribution < 1.29 is 14.3 Å². The number of ether oxygens (including phenoxy) is 2. The second-order valence-corrected chi connectivity index (χ2v) is 6.48. The van der Waals surface area contributed by atoms with Crippen LogP contribution < -0.4 is 15.4 Å². The van der Waals surface area contributed by atoms with E-state index in [1.54, 1.807) is 19.4 Å². The van der Waals surface area contributed by atoms with E-state index in [9.17, 15) is 4.79 Å². The van der Waals surface area contributed by atoms with Gasteiger partial charge in [-0.1, -0.05) is 6.07 Å². The van der Waals surface area contributed by atoms with Gasteiger partial charge in [-0.2, -0.15) is 0 Å². The smallest absolute Gasteiger partial charge is 0.255 e. The Balaban J connectivity index is 1.55. The van der Waals surface area contributed by atoms with Crippen molar-refractivity contribution in [2.24, 2.45) is 0 Å². The fraction of sp³-hybridized carbons (Fsp3) is 0.444. The number of fused-ring (bicyclic) bond motifs is 2. The van der Waals surface area contributed by atoms with Gasteiger partial charge in [0.1, 0.15) is 17.2 Å². The summed E-state index contributed by atoms with van der Waals surface area (Å²) >= 11 is 0. The van der Waals surface area contributed by atoms with Crippen molar-refractivity contribution in [1.29, 1.82) is 0 Å². The molecule has 1 aromatic carbocycles. The highest BCUT2D eigenvalue weighted by Crippen LogP contribution is 2.38. The summed E-state index contributed by atoms with van der Waals surface area (Å²) in [5, 5.41) is 6.28. The van der Waals surface area contributed by atoms with E-state index in [1.807, 2.05) is 29.0 Å². The molecule has 0 bridgehead atoms. The van der Waals surface area contributed by atoms with Crippen LogP contribution in [0.3, 0.4) is 0 Å². The highest BCUT2D eigenvalue weighted by Gasteiger charge is 2.45. The van der Waals surface area contributed by atoms with E-state index >= 15 is 0 Å². The van der Waals surface area contributed by atoms with Gasteiger partial charge in [-0.3, -0.25) is 4.79 Å². The Morgan fingerprint density at radius 2 is 2.28 bits per heavy atom. The molecule has 0 radical (unpaired) electrons. The van der Waals surface area contributed by atoms with Crippen molar-refractivity contribution in [3.63, 3.8) is 0 Å². The molecule has 1 spiro atoms. The lowest BCUT2D eigenvalue weighted by Gasteiger charge is -2.43. The number of hydrogen-bond acceptors (Lipinski definition) is 5. The maximum atomic E-state index is 12.8. The normalized spacial score (nSPS) is 21.6. The fourth-order valence-electron chi connectivity index (χ4n) is 3.63. The molecular weight excluding hydrogens is 320 g/mol. The summed E-state index contributed by atoms with van der Waals surface area (Å²) in [6, 6.07) is 7.32. The number of aromatic nitrogens is 2. The number of methoxy groups -OCH3 is 1. The number of carbonyl (C=O) groups is 1. The molecule has 1 unspecified atom stereocenters. The molecule has 1 atom stereocenters. The van der Waals surface area contributed by atoms with Gasteiger partial charge in [0.05, 0.1) is 13.7 Å². The van der Waals surface area contributed by atoms with Gasteiger partial charge < -0.3 is 24.7 Å². The van der Waals surface area contributed by atoms with Crippen LogP contribution in [0.1, 0.15) is 18.7 Å². The molecule has 7 heteroatoms. The first-order valence-electron chi connectivity index (χ1n) is 8.55. The fourth-order valence-corrected chi connectivity index (χ4v) is 3.63.